The first-order valence-corrected chi connectivity index (χ1v) is 12.6. The highest BCUT2D eigenvalue weighted by Gasteiger charge is 2.41. The average Bonchev–Trinajstić information content (AvgIpc) is 2.88. The Morgan fingerprint density at radius 2 is 1.79 bits per heavy atom. The maximum atomic E-state index is 13.5. The molecular formula is C28H38N2O4. The van der Waals surface area contributed by atoms with E-state index in [0.29, 0.717) is 32.7 Å². The normalized spacial score (nSPS) is 20.5. The summed E-state index contributed by atoms with van der Waals surface area (Å²) in [5.41, 5.74) is 1.17. The SMILES string of the molecule is COc1ccc(C2(C(=O)Nc3ccc(OCCCN4CCC[C@H](C)C4)cc3)CCOCC2)cc1. The lowest BCUT2D eigenvalue weighted by Gasteiger charge is -2.36. The maximum absolute atomic E-state index is 13.5. The molecule has 184 valence electrons. The van der Waals surface area contributed by atoms with Crippen molar-refractivity contribution < 1.29 is 19.0 Å². The number of carbonyl (C=O) groups is 1. The van der Waals surface area contributed by atoms with Crippen molar-refractivity contribution in [3.05, 3.63) is 54.1 Å². The van der Waals surface area contributed by atoms with Gasteiger partial charge in [0.15, 0.2) is 0 Å². The topological polar surface area (TPSA) is 60.0 Å². The fourth-order valence-corrected chi connectivity index (χ4v) is 5.13. The number of nitrogens with zero attached hydrogens (tertiary/aromatic N) is 1. The minimum Gasteiger partial charge on any atom is -0.497 e. The van der Waals surface area contributed by atoms with Crippen molar-refractivity contribution in [1.29, 1.82) is 0 Å². The smallest absolute Gasteiger partial charge is 0.235 e. The van der Waals surface area contributed by atoms with Gasteiger partial charge in [-0.3, -0.25) is 4.79 Å². The molecular weight excluding hydrogens is 428 g/mol. The monoisotopic (exact) mass is 466 g/mol. The van der Waals surface area contributed by atoms with Gasteiger partial charge >= 0.3 is 0 Å². The lowest BCUT2D eigenvalue weighted by atomic mass is 9.73. The zero-order chi connectivity index (χ0) is 23.8. The molecule has 2 aliphatic heterocycles. The first-order valence-electron chi connectivity index (χ1n) is 12.6. The summed E-state index contributed by atoms with van der Waals surface area (Å²) in [7, 11) is 1.65. The van der Waals surface area contributed by atoms with Crippen molar-refractivity contribution in [2.24, 2.45) is 5.92 Å². The molecule has 1 amide bonds. The van der Waals surface area contributed by atoms with E-state index in [9.17, 15) is 4.79 Å². The lowest BCUT2D eigenvalue weighted by Crippen LogP contribution is -2.44. The van der Waals surface area contributed by atoms with Crippen LogP contribution in [0.5, 0.6) is 11.5 Å². The zero-order valence-electron chi connectivity index (χ0n) is 20.6. The number of anilines is 1. The number of rotatable bonds is 9. The molecule has 0 aliphatic carbocycles. The van der Waals surface area contributed by atoms with Gasteiger partial charge in [-0.15, -0.1) is 0 Å². The van der Waals surface area contributed by atoms with E-state index in [1.54, 1.807) is 7.11 Å². The van der Waals surface area contributed by atoms with Gasteiger partial charge in [-0.25, -0.2) is 0 Å². The molecule has 1 atom stereocenters. The van der Waals surface area contributed by atoms with Crippen LogP contribution in [-0.2, 0) is 14.9 Å². The second-order valence-electron chi connectivity index (χ2n) is 9.65. The molecule has 6 heteroatoms. The van der Waals surface area contributed by atoms with Gasteiger partial charge in [0.1, 0.15) is 11.5 Å². The number of nitrogens with one attached hydrogen (secondary N) is 1. The second-order valence-corrected chi connectivity index (χ2v) is 9.65. The van der Waals surface area contributed by atoms with Crippen LogP contribution in [0.15, 0.2) is 48.5 Å². The van der Waals surface area contributed by atoms with E-state index in [1.165, 1.54) is 25.9 Å². The lowest BCUT2D eigenvalue weighted by molar-refractivity contribution is -0.125. The second kappa shape index (κ2) is 11.7. The van der Waals surface area contributed by atoms with Crippen molar-refractivity contribution >= 4 is 11.6 Å². The molecule has 2 aromatic carbocycles. The Kier molecular flexibility index (Phi) is 8.46. The predicted octanol–water partition coefficient (Wildman–Crippen LogP) is 4.88. The van der Waals surface area contributed by atoms with E-state index in [4.69, 9.17) is 14.2 Å². The highest BCUT2D eigenvalue weighted by atomic mass is 16.5. The summed E-state index contributed by atoms with van der Waals surface area (Å²) in [5.74, 6) is 2.43. The number of ether oxygens (including phenoxy) is 3. The van der Waals surface area contributed by atoms with E-state index < -0.39 is 5.41 Å². The van der Waals surface area contributed by atoms with Crippen LogP contribution in [0.4, 0.5) is 5.69 Å². The van der Waals surface area contributed by atoms with Gasteiger partial charge in [-0.1, -0.05) is 19.1 Å². The molecule has 0 saturated carbocycles. The Hall–Kier alpha value is -2.57. The first-order chi connectivity index (χ1) is 16.6. The van der Waals surface area contributed by atoms with Crippen molar-refractivity contribution in [2.45, 2.75) is 44.4 Å². The van der Waals surface area contributed by atoms with Gasteiger partial charge in [0.25, 0.3) is 0 Å². The van der Waals surface area contributed by atoms with Gasteiger partial charge in [-0.05, 0) is 86.5 Å². The minimum absolute atomic E-state index is 0.00500. The summed E-state index contributed by atoms with van der Waals surface area (Å²) in [6, 6.07) is 15.5. The highest BCUT2D eigenvalue weighted by molar-refractivity contribution is 5.99. The molecule has 0 bridgehead atoms. The Morgan fingerprint density at radius 1 is 1.09 bits per heavy atom. The molecule has 1 N–H and O–H groups in total. The third-order valence-corrected chi connectivity index (χ3v) is 7.16. The molecule has 4 rings (SSSR count). The Bertz CT molecular complexity index is 907. The van der Waals surface area contributed by atoms with Crippen LogP contribution < -0.4 is 14.8 Å². The van der Waals surface area contributed by atoms with E-state index in [2.05, 4.69) is 17.1 Å². The summed E-state index contributed by atoms with van der Waals surface area (Å²) in [6.07, 6.45) is 4.99. The van der Waals surface area contributed by atoms with Crippen molar-refractivity contribution in [3.8, 4) is 11.5 Å². The predicted molar refractivity (Wildman–Crippen MR) is 135 cm³/mol. The number of hydrogen-bond donors (Lipinski definition) is 1. The molecule has 0 spiro atoms. The van der Waals surface area contributed by atoms with Gasteiger partial charge in [0, 0.05) is 32.0 Å². The number of likely N-dealkylation sites (tertiary alicyclic amines) is 1. The number of benzene rings is 2. The Morgan fingerprint density at radius 3 is 2.47 bits per heavy atom. The van der Waals surface area contributed by atoms with Crippen LogP contribution in [0, 0.1) is 5.92 Å². The van der Waals surface area contributed by atoms with Crippen LogP contribution in [0.3, 0.4) is 0 Å². The highest BCUT2D eigenvalue weighted by Crippen LogP contribution is 2.37. The van der Waals surface area contributed by atoms with Crippen LogP contribution in [0.25, 0.3) is 0 Å². The standard InChI is InChI=1S/C28H38N2O4/c1-22-5-3-16-30(21-22)17-4-18-34-26-12-8-24(9-13-26)29-27(31)28(14-19-33-20-15-28)23-6-10-25(32-2)11-7-23/h6-13,22H,3-5,14-21H2,1-2H3,(H,29,31)/t22-/m0/s1. The maximum Gasteiger partial charge on any atom is 0.235 e. The summed E-state index contributed by atoms with van der Waals surface area (Å²) in [5, 5.41) is 3.13. The van der Waals surface area contributed by atoms with Crippen molar-refractivity contribution in [3.63, 3.8) is 0 Å². The van der Waals surface area contributed by atoms with E-state index in [-0.39, 0.29) is 5.91 Å². The summed E-state index contributed by atoms with van der Waals surface area (Å²) >= 11 is 0. The Balaban J connectivity index is 1.31. The molecule has 2 heterocycles. The zero-order valence-corrected chi connectivity index (χ0v) is 20.6. The van der Waals surface area contributed by atoms with E-state index >= 15 is 0 Å². The van der Waals surface area contributed by atoms with Crippen LogP contribution in [0.1, 0.15) is 44.6 Å². The van der Waals surface area contributed by atoms with Gasteiger partial charge in [0.2, 0.25) is 5.91 Å². The number of amides is 1. The minimum atomic E-state index is -0.606. The van der Waals surface area contributed by atoms with Gasteiger partial charge < -0.3 is 24.4 Å². The molecule has 6 nitrogen and oxygen atoms in total. The van der Waals surface area contributed by atoms with Crippen LogP contribution in [-0.4, -0.2) is 57.4 Å². The number of carbonyl (C=O) groups excluding carboxylic acids is 1. The quantitative estimate of drug-likeness (QED) is 0.534. The van der Waals surface area contributed by atoms with Gasteiger partial charge in [-0.2, -0.15) is 0 Å². The fraction of sp³-hybridized carbons (Fsp3) is 0.536. The molecule has 34 heavy (non-hydrogen) atoms. The van der Waals surface area contributed by atoms with E-state index in [0.717, 1.165) is 41.6 Å². The first kappa shape index (κ1) is 24.6. The molecule has 0 aromatic heterocycles. The summed E-state index contributed by atoms with van der Waals surface area (Å²) in [4.78, 5) is 16.0. The number of methoxy groups -OCH3 is 1. The molecule has 2 aliphatic rings. The van der Waals surface area contributed by atoms with Gasteiger partial charge in [0.05, 0.1) is 19.1 Å². The third kappa shape index (κ3) is 6.10. The largest absolute Gasteiger partial charge is 0.497 e. The summed E-state index contributed by atoms with van der Waals surface area (Å²) in [6.45, 7) is 7.70. The fourth-order valence-electron chi connectivity index (χ4n) is 5.13. The van der Waals surface area contributed by atoms with Crippen LogP contribution >= 0.6 is 0 Å². The number of hydrogen-bond acceptors (Lipinski definition) is 5. The molecule has 2 fully saturated rings. The molecule has 0 unspecified atom stereocenters. The Labute approximate surface area is 203 Å². The average molecular weight is 467 g/mol. The molecule has 0 radical (unpaired) electrons. The van der Waals surface area contributed by atoms with Crippen molar-refractivity contribution in [1.82, 2.24) is 4.90 Å². The number of piperidine rings is 1. The van der Waals surface area contributed by atoms with E-state index in [1.807, 2.05) is 48.5 Å². The molecule has 2 aromatic rings. The molecule has 2 saturated heterocycles. The third-order valence-electron chi connectivity index (χ3n) is 7.16. The summed E-state index contributed by atoms with van der Waals surface area (Å²) < 4.78 is 16.8. The van der Waals surface area contributed by atoms with Crippen LogP contribution in [0.2, 0.25) is 0 Å². The van der Waals surface area contributed by atoms with Crippen molar-refractivity contribution in [2.75, 3.05) is 51.9 Å².